The molecule has 4 rings (SSSR count). The summed E-state index contributed by atoms with van der Waals surface area (Å²) in [7, 11) is 0. The number of aliphatic hydroxyl groups is 1. The number of nitrogens with zero attached hydrogens (tertiary/aromatic N) is 1. The number of amides is 1. The Morgan fingerprint density at radius 1 is 0.892 bits per heavy atom. The minimum Gasteiger partial charge on any atom is -0.507 e. The Kier molecular flexibility index (Phi) is 6.48. The van der Waals surface area contributed by atoms with Gasteiger partial charge in [0.05, 0.1) is 17.2 Å². The quantitative estimate of drug-likeness (QED) is 0.177. The van der Waals surface area contributed by atoms with Crippen molar-refractivity contribution in [3.05, 3.63) is 106 Å². The molecule has 0 spiro atoms. The SMILES string of the molecule is Cc1ccc(C(C)(C)C)cc1/C(O)=C1\C(=O)C(=O)N(c2cccc(C(F)(F)F)c2)C1c1ccc(F)cc1. The van der Waals surface area contributed by atoms with E-state index in [1.165, 1.54) is 18.2 Å². The van der Waals surface area contributed by atoms with Crippen LogP contribution in [-0.2, 0) is 21.2 Å². The molecule has 0 bridgehead atoms. The van der Waals surface area contributed by atoms with Crippen LogP contribution in [0, 0.1) is 12.7 Å². The minimum atomic E-state index is -4.68. The molecule has 4 nitrogen and oxygen atoms in total. The van der Waals surface area contributed by atoms with E-state index in [4.69, 9.17) is 0 Å². The van der Waals surface area contributed by atoms with Crippen LogP contribution in [0.2, 0.25) is 0 Å². The van der Waals surface area contributed by atoms with Gasteiger partial charge in [-0.2, -0.15) is 13.2 Å². The fourth-order valence-corrected chi connectivity index (χ4v) is 4.38. The maximum Gasteiger partial charge on any atom is 0.416 e. The van der Waals surface area contributed by atoms with E-state index in [2.05, 4.69) is 0 Å². The molecule has 1 aliphatic rings. The van der Waals surface area contributed by atoms with Gasteiger partial charge in [-0.3, -0.25) is 14.5 Å². The summed E-state index contributed by atoms with van der Waals surface area (Å²) in [5.41, 5.74) is 0.320. The van der Waals surface area contributed by atoms with Gasteiger partial charge in [0.25, 0.3) is 11.7 Å². The molecule has 3 aromatic rings. The van der Waals surface area contributed by atoms with Crippen LogP contribution < -0.4 is 4.90 Å². The molecular weight excluding hydrogens is 486 g/mol. The van der Waals surface area contributed by atoms with Gasteiger partial charge in [-0.25, -0.2) is 4.39 Å². The van der Waals surface area contributed by atoms with Crippen molar-refractivity contribution in [1.29, 1.82) is 0 Å². The Balaban J connectivity index is 1.98. The standard InChI is InChI=1S/C29H25F4NO3/c1-16-8-11-18(28(2,3)4)15-22(16)25(35)23-24(17-9-12-20(30)13-10-17)34(27(37)26(23)36)21-7-5-6-19(14-21)29(31,32)33/h5-15,24,35H,1-4H3/b25-23+. The van der Waals surface area contributed by atoms with Crippen molar-refractivity contribution >= 4 is 23.1 Å². The van der Waals surface area contributed by atoms with E-state index in [1.54, 1.807) is 19.1 Å². The van der Waals surface area contributed by atoms with Gasteiger partial charge >= 0.3 is 6.18 Å². The molecule has 1 amide bonds. The van der Waals surface area contributed by atoms with Crippen molar-refractivity contribution in [1.82, 2.24) is 0 Å². The first kappa shape index (κ1) is 26.1. The number of hydrogen-bond donors (Lipinski definition) is 1. The Hall–Kier alpha value is -3.94. The zero-order valence-electron chi connectivity index (χ0n) is 20.7. The number of carbonyl (C=O) groups excluding carboxylic acids is 2. The van der Waals surface area contributed by atoms with Crippen molar-refractivity contribution in [2.45, 2.75) is 45.3 Å². The first-order valence-electron chi connectivity index (χ1n) is 11.6. The van der Waals surface area contributed by atoms with Crippen LogP contribution in [-0.4, -0.2) is 16.8 Å². The molecule has 0 aliphatic carbocycles. The second-order valence-corrected chi connectivity index (χ2v) is 10.0. The van der Waals surface area contributed by atoms with Crippen molar-refractivity contribution < 1.29 is 32.3 Å². The molecule has 1 aliphatic heterocycles. The highest BCUT2D eigenvalue weighted by Crippen LogP contribution is 2.44. The van der Waals surface area contributed by atoms with Crippen molar-refractivity contribution in [3.8, 4) is 0 Å². The number of aliphatic hydroxyl groups excluding tert-OH is 1. The van der Waals surface area contributed by atoms with Crippen LogP contribution >= 0.6 is 0 Å². The van der Waals surface area contributed by atoms with Crippen molar-refractivity contribution in [3.63, 3.8) is 0 Å². The molecule has 1 saturated heterocycles. The first-order valence-corrected chi connectivity index (χ1v) is 11.6. The van der Waals surface area contributed by atoms with E-state index in [0.717, 1.165) is 40.8 Å². The number of benzene rings is 3. The molecule has 37 heavy (non-hydrogen) atoms. The first-order chi connectivity index (χ1) is 17.2. The summed E-state index contributed by atoms with van der Waals surface area (Å²) in [6.07, 6.45) is -4.68. The average molecular weight is 512 g/mol. The van der Waals surface area contributed by atoms with E-state index in [9.17, 15) is 32.3 Å². The van der Waals surface area contributed by atoms with Gasteiger partial charge < -0.3 is 5.11 Å². The second kappa shape index (κ2) is 9.18. The fourth-order valence-electron chi connectivity index (χ4n) is 4.38. The molecule has 1 heterocycles. The van der Waals surface area contributed by atoms with E-state index in [1.807, 2.05) is 26.8 Å². The Labute approximate surface area is 211 Å². The lowest BCUT2D eigenvalue weighted by molar-refractivity contribution is -0.137. The molecule has 0 saturated carbocycles. The van der Waals surface area contributed by atoms with Crippen LogP contribution in [0.1, 0.15) is 54.6 Å². The number of anilines is 1. The summed E-state index contributed by atoms with van der Waals surface area (Å²) in [5.74, 6) is -3.18. The summed E-state index contributed by atoms with van der Waals surface area (Å²) < 4.78 is 54.0. The molecule has 1 atom stereocenters. The zero-order valence-corrected chi connectivity index (χ0v) is 20.7. The lowest BCUT2D eigenvalue weighted by Gasteiger charge is -2.26. The highest BCUT2D eigenvalue weighted by molar-refractivity contribution is 6.51. The fraction of sp³-hybridized carbons (Fsp3) is 0.241. The molecule has 8 heteroatoms. The van der Waals surface area contributed by atoms with E-state index in [-0.39, 0.29) is 22.2 Å². The molecule has 192 valence electrons. The van der Waals surface area contributed by atoms with E-state index < -0.39 is 41.0 Å². The summed E-state index contributed by atoms with van der Waals surface area (Å²) >= 11 is 0. The van der Waals surface area contributed by atoms with Crippen molar-refractivity contribution in [2.75, 3.05) is 4.90 Å². The number of carbonyl (C=O) groups is 2. The number of rotatable bonds is 3. The zero-order chi connectivity index (χ0) is 27.3. The molecule has 1 unspecified atom stereocenters. The third-order valence-electron chi connectivity index (χ3n) is 6.44. The Bertz CT molecular complexity index is 1420. The van der Waals surface area contributed by atoms with Gasteiger partial charge in [-0.05, 0) is 65.4 Å². The average Bonchev–Trinajstić information content (AvgIpc) is 3.08. The predicted octanol–water partition coefficient (Wildman–Crippen LogP) is 7.08. The number of hydrogen-bond acceptors (Lipinski definition) is 3. The third-order valence-corrected chi connectivity index (χ3v) is 6.44. The number of ketones is 1. The van der Waals surface area contributed by atoms with Crippen LogP contribution in [0.3, 0.4) is 0 Å². The smallest absolute Gasteiger partial charge is 0.416 e. The van der Waals surface area contributed by atoms with Crippen molar-refractivity contribution in [2.24, 2.45) is 0 Å². The summed E-state index contributed by atoms with van der Waals surface area (Å²) in [6, 6.07) is 13.1. The molecule has 1 N–H and O–H groups in total. The molecule has 1 fully saturated rings. The third kappa shape index (κ3) is 4.88. The number of halogens is 4. The van der Waals surface area contributed by atoms with E-state index >= 15 is 0 Å². The summed E-state index contributed by atoms with van der Waals surface area (Å²) in [5, 5.41) is 11.4. The number of alkyl halides is 3. The monoisotopic (exact) mass is 511 g/mol. The largest absolute Gasteiger partial charge is 0.507 e. The maximum absolute atomic E-state index is 13.7. The van der Waals surface area contributed by atoms with Crippen LogP contribution in [0.15, 0.2) is 72.3 Å². The van der Waals surface area contributed by atoms with Gasteiger partial charge in [-0.1, -0.05) is 51.1 Å². The topological polar surface area (TPSA) is 57.6 Å². The van der Waals surface area contributed by atoms with Gasteiger partial charge in [0.15, 0.2) is 0 Å². The second-order valence-electron chi connectivity index (χ2n) is 10.0. The highest BCUT2D eigenvalue weighted by atomic mass is 19.4. The molecular formula is C29H25F4NO3. The highest BCUT2D eigenvalue weighted by Gasteiger charge is 2.47. The van der Waals surface area contributed by atoms with Gasteiger partial charge in [-0.15, -0.1) is 0 Å². The number of aryl methyl sites for hydroxylation is 1. The minimum absolute atomic E-state index is 0.175. The van der Waals surface area contributed by atoms with Gasteiger partial charge in [0.1, 0.15) is 11.6 Å². The summed E-state index contributed by atoms with van der Waals surface area (Å²) in [4.78, 5) is 27.5. The van der Waals surface area contributed by atoms with Crippen LogP contribution in [0.5, 0.6) is 0 Å². The lowest BCUT2D eigenvalue weighted by Crippen LogP contribution is -2.29. The maximum atomic E-state index is 13.7. The molecule has 0 radical (unpaired) electrons. The van der Waals surface area contributed by atoms with E-state index in [0.29, 0.717) is 11.1 Å². The molecule has 0 aromatic heterocycles. The lowest BCUT2D eigenvalue weighted by atomic mass is 9.84. The predicted molar refractivity (Wildman–Crippen MR) is 133 cm³/mol. The normalized spacial score (nSPS) is 17.9. The van der Waals surface area contributed by atoms with Gasteiger partial charge in [0.2, 0.25) is 0 Å². The summed E-state index contributed by atoms with van der Waals surface area (Å²) in [6.45, 7) is 7.67. The van der Waals surface area contributed by atoms with Crippen LogP contribution in [0.4, 0.5) is 23.2 Å². The Morgan fingerprint density at radius 2 is 1.54 bits per heavy atom. The number of Topliss-reactive ketones (excluding diaryl/α,β-unsaturated/α-hetero) is 1. The Morgan fingerprint density at radius 3 is 2.14 bits per heavy atom. The van der Waals surface area contributed by atoms with Crippen LogP contribution in [0.25, 0.3) is 5.76 Å². The van der Waals surface area contributed by atoms with Gasteiger partial charge in [0, 0.05) is 11.3 Å². The molecule has 3 aromatic carbocycles.